The van der Waals surface area contributed by atoms with E-state index in [2.05, 4.69) is 15.3 Å². The topological polar surface area (TPSA) is 80.1 Å². The van der Waals surface area contributed by atoms with Crippen molar-refractivity contribution in [2.45, 2.75) is 31.8 Å². The number of fused-ring (bicyclic) bond motifs is 2. The summed E-state index contributed by atoms with van der Waals surface area (Å²) in [7, 11) is 0. The van der Waals surface area contributed by atoms with Crippen LogP contribution in [0, 0.1) is 0 Å². The second-order valence-electron chi connectivity index (χ2n) is 7.40. The fourth-order valence-corrected chi connectivity index (χ4v) is 4.87. The van der Waals surface area contributed by atoms with Crippen LogP contribution in [0.1, 0.15) is 19.3 Å². The summed E-state index contributed by atoms with van der Waals surface area (Å²) in [5, 5.41) is 3.49. The van der Waals surface area contributed by atoms with Gasteiger partial charge in [0.2, 0.25) is 11.8 Å². The zero-order valence-electron chi connectivity index (χ0n) is 16.3. The first kappa shape index (κ1) is 18.7. The largest absolute Gasteiger partial charge is 0.331 e. The van der Waals surface area contributed by atoms with Crippen LogP contribution in [-0.2, 0) is 16.1 Å². The van der Waals surface area contributed by atoms with E-state index in [1.54, 1.807) is 11.2 Å². The molecule has 1 saturated heterocycles. The number of anilines is 1. The number of para-hydroxylation sites is 3. The smallest absolute Gasteiger partial charge is 0.248 e. The van der Waals surface area contributed by atoms with Gasteiger partial charge in [0.05, 0.1) is 27.6 Å². The molecule has 2 amide bonds. The molecular weight excluding hydrogens is 398 g/mol. The van der Waals surface area contributed by atoms with E-state index < -0.39 is 6.04 Å². The van der Waals surface area contributed by atoms with Crippen molar-refractivity contribution in [1.82, 2.24) is 19.4 Å². The molecule has 0 aliphatic carbocycles. The lowest BCUT2D eigenvalue weighted by atomic mass is 10.2. The highest BCUT2D eigenvalue weighted by atomic mass is 32.1. The maximum atomic E-state index is 12.9. The molecule has 152 valence electrons. The van der Waals surface area contributed by atoms with Crippen LogP contribution in [0.25, 0.3) is 21.3 Å². The summed E-state index contributed by atoms with van der Waals surface area (Å²) in [6.45, 7) is 1.16. The Balaban J connectivity index is 1.24. The standard InChI is InChI=1S/C22H21N5O2S/c28-20(11-13-26-14-23-15-6-1-3-8-17(15)26)27-12-5-9-18(27)21(29)25-22-24-16-7-2-4-10-19(16)30-22/h1-4,6-8,10,14,18H,5,9,11-13H2,(H,24,25,29). The molecule has 8 heteroatoms. The van der Waals surface area contributed by atoms with Gasteiger partial charge in [0.25, 0.3) is 0 Å². The molecule has 1 aliphatic rings. The molecule has 1 aliphatic heterocycles. The Kier molecular flexibility index (Phi) is 4.92. The minimum atomic E-state index is -0.441. The van der Waals surface area contributed by atoms with Gasteiger partial charge >= 0.3 is 0 Å². The maximum absolute atomic E-state index is 12.9. The van der Waals surface area contributed by atoms with Crippen LogP contribution in [0.3, 0.4) is 0 Å². The van der Waals surface area contributed by atoms with Crippen molar-refractivity contribution in [3.05, 3.63) is 54.9 Å². The quantitative estimate of drug-likeness (QED) is 0.535. The molecule has 0 saturated carbocycles. The van der Waals surface area contributed by atoms with Crippen molar-refractivity contribution < 1.29 is 9.59 Å². The Hall–Kier alpha value is -3.26. The lowest BCUT2D eigenvalue weighted by Gasteiger charge is -2.23. The van der Waals surface area contributed by atoms with Crippen LogP contribution >= 0.6 is 11.3 Å². The number of rotatable bonds is 5. The number of hydrogen-bond donors (Lipinski definition) is 1. The van der Waals surface area contributed by atoms with E-state index in [0.717, 1.165) is 27.7 Å². The van der Waals surface area contributed by atoms with Gasteiger partial charge in [0, 0.05) is 19.5 Å². The molecule has 1 unspecified atom stereocenters. The summed E-state index contributed by atoms with van der Waals surface area (Å²) in [4.78, 5) is 36.3. The van der Waals surface area contributed by atoms with Crippen LogP contribution in [-0.4, -0.2) is 43.8 Å². The summed E-state index contributed by atoms with van der Waals surface area (Å²) >= 11 is 1.45. The first-order valence-corrected chi connectivity index (χ1v) is 10.9. The molecular formula is C22H21N5O2S. The van der Waals surface area contributed by atoms with Crippen molar-refractivity contribution in [3.63, 3.8) is 0 Å². The molecule has 2 aromatic heterocycles. The van der Waals surface area contributed by atoms with Crippen LogP contribution < -0.4 is 5.32 Å². The summed E-state index contributed by atoms with van der Waals surface area (Å²) in [6.07, 6.45) is 3.61. The van der Waals surface area contributed by atoms with Crippen molar-refractivity contribution in [2.24, 2.45) is 0 Å². The lowest BCUT2D eigenvalue weighted by molar-refractivity contribution is -0.136. The number of imidazole rings is 1. The van der Waals surface area contributed by atoms with Gasteiger partial charge in [-0.3, -0.25) is 9.59 Å². The van der Waals surface area contributed by atoms with Gasteiger partial charge < -0.3 is 14.8 Å². The third kappa shape index (κ3) is 3.54. The molecule has 0 radical (unpaired) electrons. The molecule has 30 heavy (non-hydrogen) atoms. The van der Waals surface area contributed by atoms with E-state index >= 15 is 0 Å². The number of carbonyl (C=O) groups excluding carboxylic acids is 2. The van der Waals surface area contributed by atoms with Crippen molar-refractivity contribution >= 4 is 49.5 Å². The number of amides is 2. The van der Waals surface area contributed by atoms with E-state index in [4.69, 9.17) is 0 Å². The normalized spacial score (nSPS) is 16.4. The Bertz CT molecular complexity index is 1200. The van der Waals surface area contributed by atoms with Gasteiger partial charge in [-0.1, -0.05) is 35.6 Å². The third-order valence-electron chi connectivity index (χ3n) is 5.49. The zero-order valence-corrected chi connectivity index (χ0v) is 17.1. The highest BCUT2D eigenvalue weighted by Gasteiger charge is 2.34. The zero-order chi connectivity index (χ0) is 20.5. The SMILES string of the molecule is O=C(Nc1nc2ccccc2s1)C1CCCN1C(=O)CCn1cnc2ccccc21. The van der Waals surface area contributed by atoms with Gasteiger partial charge in [-0.05, 0) is 37.1 Å². The summed E-state index contributed by atoms with van der Waals surface area (Å²) in [5.41, 5.74) is 2.79. The van der Waals surface area contributed by atoms with Crippen LogP contribution in [0.2, 0.25) is 0 Å². The molecule has 5 rings (SSSR count). The number of aromatic nitrogens is 3. The molecule has 4 aromatic rings. The molecule has 3 heterocycles. The highest BCUT2D eigenvalue weighted by molar-refractivity contribution is 7.22. The number of nitrogens with one attached hydrogen (secondary N) is 1. The predicted octanol–water partition coefficient (Wildman–Crippen LogP) is 3.67. The first-order chi connectivity index (χ1) is 14.7. The number of aryl methyl sites for hydroxylation is 1. The van der Waals surface area contributed by atoms with E-state index in [-0.39, 0.29) is 11.8 Å². The summed E-state index contributed by atoms with van der Waals surface area (Å²) in [6, 6.07) is 15.2. The van der Waals surface area contributed by atoms with Crippen LogP contribution in [0.15, 0.2) is 54.9 Å². The maximum Gasteiger partial charge on any atom is 0.248 e. The molecule has 1 N–H and O–H groups in total. The fraction of sp³-hybridized carbons (Fsp3) is 0.273. The average Bonchev–Trinajstić information content (AvgIpc) is 3.49. The second-order valence-corrected chi connectivity index (χ2v) is 8.43. The highest BCUT2D eigenvalue weighted by Crippen LogP contribution is 2.27. The van der Waals surface area contributed by atoms with Gasteiger partial charge in [-0.25, -0.2) is 9.97 Å². The number of likely N-dealkylation sites (tertiary alicyclic amines) is 1. The summed E-state index contributed by atoms with van der Waals surface area (Å²) < 4.78 is 3.01. The monoisotopic (exact) mass is 419 g/mol. The molecule has 1 fully saturated rings. The van der Waals surface area contributed by atoms with E-state index in [1.807, 2.05) is 53.1 Å². The third-order valence-corrected chi connectivity index (χ3v) is 6.45. The number of hydrogen-bond acceptors (Lipinski definition) is 5. The number of carbonyl (C=O) groups is 2. The van der Waals surface area contributed by atoms with E-state index in [9.17, 15) is 9.59 Å². The minimum Gasteiger partial charge on any atom is -0.331 e. The molecule has 0 spiro atoms. The number of nitrogens with zero attached hydrogens (tertiary/aromatic N) is 4. The molecule has 7 nitrogen and oxygen atoms in total. The Morgan fingerprint density at radius 3 is 2.77 bits per heavy atom. The Labute approximate surface area is 177 Å². The molecule has 0 bridgehead atoms. The minimum absolute atomic E-state index is 0.00488. The number of benzene rings is 2. The van der Waals surface area contributed by atoms with Crippen LogP contribution in [0.5, 0.6) is 0 Å². The van der Waals surface area contributed by atoms with E-state index in [1.165, 1.54) is 11.3 Å². The Morgan fingerprint density at radius 1 is 1.10 bits per heavy atom. The molecule has 1 atom stereocenters. The first-order valence-electron chi connectivity index (χ1n) is 10.0. The van der Waals surface area contributed by atoms with E-state index in [0.29, 0.717) is 31.1 Å². The second kappa shape index (κ2) is 7.87. The molecule has 2 aromatic carbocycles. The van der Waals surface area contributed by atoms with Crippen LogP contribution in [0.4, 0.5) is 5.13 Å². The van der Waals surface area contributed by atoms with Gasteiger partial charge in [0.1, 0.15) is 6.04 Å². The van der Waals surface area contributed by atoms with Crippen molar-refractivity contribution in [3.8, 4) is 0 Å². The van der Waals surface area contributed by atoms with Crippen molar-refractivity contribution in [2.75, 3.05) is 11.9 Å². The fourth-order valence-electron chi connectivity index (χ4n) is 4.00. The lowest BCUT2D eigenvalue weighted by Crippen LogP contribution is -2.43. The average molecular weight is 420 g/mol. The number of thiazole rings is 1. The summed E-state index contributed by atoms with van der Waals surface area (Å²) in [5.74, 6) is -0.164. The van der Waals surface area contributed by atoms with Gasteiger partial charge in [-0.15, -0.1) is 0 Å². The van der Waals surface area contributed by atoms with Gasteiger partial charge in [0.15, 0.2) is 5.13 Å². The Morgan fingerprint density at radius 2 is 1.90 bits per heavy atom. The predicted molar refractivity (Wildman–Crippen MR) is 117 cm³/mol. The van der Waals surface area contributed by atoms with Crippen molar-refractivity contribution in [1.29, 1.82) is 0 Å². The van der Waals surface area contributed by atoms with Gasteiger partial charge in [-0.2, -0.15) is 0 Å².